The fourth-order valence-corrected chi connectivity index (χ4v) is 1.32. The number of hydrogen-bond donors (Lipinski definition) is 1. The second-order valence-electron chi connectivity index (χ2n) is 3.51. The van der Waals surface area contributed by atoms with Gasteiger partial charge in [-0.1, -0.05) is 0 Å². The van der Waals surface area contributed by atoms with E-state index in [4.69, 9.17) is 10.00 Å². The lowest BCUT2D eigenvalue weighted by atomic mass is 10.2. The zero-order chi connectivity index (χ0) is 12.0. The third kappa shape index (κ3) is 3.52. The van der Waals surface area contributed by atoms with Crippen molar-refractivity contribution < 1.29 is 9.13 Å². The van der Waals surface area contributed by atoms with Crippen LogP contribution in [0, 0.1) is 17.1 Å². The molecule has 86 valence electrons. The molecule has 0 fully saturated rings. The van der Waals surface area contributed by atoms with E-state index in [0.717, 1.165) is 0 Å². The molecular formula is C12H15FN2O. The van der Waals surface area contributed by atoms with Crippen molar-refractivity contribution >= 4 is 5.69 Å². The molecule has 0 saturated heterocycles. The van der Waals surface area contributed by atoms with Crippen LogP contribution in [-0.4, -0.2) is 19.3 Å². The minimum atomic E-state index is -0.504. The van der Waals surface area contributed by atoms with E-state index >= 15 is 0 Å². The minimum absolute atomic E-state index is 0.0583. The van der Waals surface area contributed by atoms with Crippen molar-refractivity contribution in [3.63, 3.8) is 0 Å². The number of anilines is 1. The Balaban J connectivity index is 2.61. The molecule has 0 aliphatic rings. The largest absolute Gasteiger partial charge is 0.380 e. The lowest BCUT2D eigenvalue weighted by Gasteiger charge is -2.15. The quantitative estimate of drug-likeness (QED) is 0.832. The highest BCUT2D eigenvalue weighted by atomic mass is 19.1. The SMILES string of the molecule is CCOCC(C)Nc1ccc(C#N)c(F)c1. The highest BCUT2D eigenvalue weighted by Gasteiger charge is 2.05. The van der Waals surface area contributed by atoms with E-state index in [2.05, 4.69) is 5.32 Å². The second kappa shape index (κ2) is 6.09. The van der Waals surface area contributed by atoms with Gasteiger partial charge in [-0.2, -0.15) is 5.26 Å². The summed E-state index contributed by atoms with van der Waals surface area (Å²) in [5.41, 5.74) is 0.715. The van der Waals surface area contributed by atoms with Crippen molar-refractivity contribution in [2.45, 2.75) is 19.9 Å². The van der Waals surface area contributed by atoms with Crippen LogP contribution < -0.4 is 5.32 Å². The normalized spacial score (nSPS) is 11.9. The van der Waals surface area contributed by atoms with Crippen LogP contribution in [0.2, 0.25) is 0 Å². The second-order valence-corrected chi connectivity index (χ2v) is 3.51. The Hall–Kier alpha value is -1.60. The smallest absolute Gasteiger partial charge is 0.143 e. The Morgan fingerprint density at radius 1 is 1.56 bits per heavy atom. The Bertz CT molecular complexity index is 387. The Kier molecular flexibility index (Phi) is 4.74. The van der Waals surface area contributed by atoms with Gasteiger partial charge >= 0.3 is 0 Å². The van der Waals surface area contributed by atoms with Gasteiger partial charge in [-0.15, -0.1) is 0 Å². The van der Waals surface area contributed by atoms with Gasteiger partial charge in [0.25, 0.3) is 0 Å². The zero-order valence-electron chi connectivity index (χ0n) is 9.46. The molecule has 0 heterocycles. The van der Waals surface area contributed by atoms with Gasteiger partial charge in [0.15, 0.2) is 0 Å². The first kappa shape index (κ1) is 12.5. The van der Waals surface area contributed by atoms with Crippen LogP contribution in [0.15, 0.2) is 18.2 Å². The molecule has 4 heteroatoms. The molecule has 1 atom stereocenters. The third-order valence-electron chi connectivity index (χ3n) is 2.07. The molecule has 1 unspecified atom stereocenters. The summed E-state index contributed by atoms with van der Waals surface area (Å²) in [6.07, 6.45) is 0. The number of nitrogens with one attached hydrogen (secondary N) is 1. The van der Waals surface area contributed by atoms with E-state index in [1.807, 2.05) is 13.8 Å². The molecule has 3 nitrogen and oxygen atoms in total. The summed E-state index contributed by atoms with van der Waals surface area (Å²) in [7, 11) is 0. The van der Waals surface area contributed by atoms with Crippen LogP contribution in [0.1, 0.15) is 19.4 Å². The standard InChI is InChI=1S/C12H15FN2O/c1-3-16-8-9(2)15-11-5-4-10(7-14)12(13)6-11/h4-6,9,15H,3,8H2,1-2H3. The van der Waals surface area contributed by atoms with E-state index in [1.54, 1.807) is 12.1 Å². The maximum absolute atomic E-state index is 13.3. The fourth-order valence-electron chi connectivity index (χ4n) is 1.32. The van der Waals surface area contributed by atoms with E-state index in [-0.39, 0.29) is 11.6 Å². The molecule has 0 aliphatic carbocycles. The number of halogens is 1. The Labute approximate surface area is 94.8 Å². The highest BCUT2D eigenvalue weighted by Crippen LogP contribution is 2.14. The maximum atomic E-state index is 13.3. The number of nitrogens with zero attached hydrogens (tertiary/aromatic N) is 1. The maximum Gasteiger partial charge on any atom is 0.143 e. The summed E-state index contributed by atoms with van der Waals surface area (Å²) in [6, 6.07) is 6.35. The first-order valence-electron chi connectivity index (χ1n) is 5.21. The fraction of sp³-hybridized carbons (Fsp3) is 0.417. The van der Waals surface area contributed by atoms with Crippen LogP contribution in [0.3, 0.4) is 0 Å². The summed E-state index contributed by atoms with van der Waals surface area (Å²) in [5, 5.41) is 11.7. The van der Waals surface area contributed by atoms with E-state index in [1.165, 1.54) is 12.1 Å². The molecule has 0 spiro atoms. The van der Waals surface area contributed by atoms with Crippen LogP contribution >= 0.6 is 0 Å². The van der Waals surface area contributed by atoms with Crippen LogP contribution in [-0.2, 0) is 4.74 Å². The number of rotatable bonds is 5. The summed E-state index contributed by atoms with van der Waals surface area (Å²) < 4.78 is 18.5. The molecule has 0 radical (unpaired) electrons. The molecule has 0 saturated carbocycles. The van der Waals surface area contributed by atoms with Crippen LogP contribution in [0.5, 0.6) is 0 Å². The summed E-state index contributed by atoms with van der Waals surface area (Å²) in [5.74, 6) is -0.504. The first-order valence-corrected chi connectivity index (χ1v) is 5.21. The van der Waals surface area contributed by atoms with Crippen LogP contribution in [0.4, 0.5) is 10.1 Å². The molecule has 0 bridgehead atoms. The van der Waals surface area contributed by atoms with E-state index < -0.39 is 5.82 Å². The minimum Gasteiger partial charge on any atom is -0.380 e. The molecule has 16 heavy (non-hydrogen) atoms. The van der Waals surface area contributed by atoms with Gasteiger partial charge in [-0.25, -0.2) is 4.39 Å². The van der Waals surface area contributed by atoms with Gasteiger partial charge in [0.2, 0.25) is 0 Å². The van der Waals surface area contributed by atoms with Crippen LogP contribution in [0.25, 0.3) is 0 Å². The van der Waals surface area contributed by atoms with Crippen molar-refractivity contribution in [2.75, 3.05) is 18.5 Å². The summed E-state index contributed by atoms with van der Waals surface area (Å²) >= 11 is 0. The number of hydrogen-bond acceptors (Lipinski definition) is 3. The highest BCUT2D eigenvalue weighted by molar-refractivity contribution is 5.48. The van der Waals surface area contributed by atoms with E-state index in [0.29, 0.717) is 18.9 Å². The Morgan fingerprint density at radius 2 is 2.31 bits per heavy atom. The first-order chi connectivity index (χ1) is 7.67. The molecule has 1 aromatic rings. The molecule has 1 aromatic carbocycles. The topological polar surface area (TPSA) is 45.0 Å². The number of ether oxygens (including phenoxy) is 1. The van der Waals surface area contributed by atoms with Gasteiger partial charge in [-0.05, 0) is 32.0 Å². The molecular weight excluding hydrogens is 207 g/mol. The molecule has 1 N–H and O–H groups in total. The Morgan fingerprint density at radius 3 is 2.88 bits per heavy atom. The number of benzene rings is 1. The molecule has 0 aliphatic heterocycles. The van der Waals surface area contributed by atoms with Crippen molar-refractivity contribution in [3.8, 4) is 6.07 Å². The molecule has 1 rings (SSSR count). The zero-order valence-corrected chi connectivity index (χ0v) is 9.46. The molecule has 0 amide bonds. The van der Waals surface area contributed by atoms with Crippen molar-refractivity contribution in [1.82, 2.24) is 0 Å². The predicted molar refractivity (Wildman–Crippen MR) is 60.7 cm³/mol. The van der Waals surface area contributed by atoms with E-state index in [9.17, 15) is 4.39 Å². The lowest BCUT2D eigenvalue weighted by molar-refractivity contribution is 0.141. The monoisotopic (exact) mass is 222 g/mol. The lowest BCUT2D eigenvalue weighted by Crippen LogP contribution is -2.21. The summed E-state index contributed by atoms with van der Waals surface area (Å²) in [4.78, 5) is 0. The predicted octanol–water partition coefficient (Wildman–Crippen LogP) is 2.53. The van der Waals surface area contributed by atoms with Gasteiger partial charge in [-0.3, -0.25) is 0 Å². The summed E-state index contributed by atoms with van der Waals surface area (Å²) in [6.45, 7) is 5.10. The van der Waals surface area contributed by atoms with Gasteiger partial charge in [0, 0.05) is 18.3 Å². The van der Waals surface area contributed by atoms with Gasteiger partial charge < -0.3 is 10.1 Å². The van der Waals surface area contributed by atoms with Crippen molar-refractivity contribution in [1.29, 1.82) is 5.26 Å². The van der Waals surface area contributed by atoms with Crippen molar-refractivity contribution in [3.05, 3.63) is 29.6 Å². The average molecular weight is 222 g/mol. The van der Waals surface area contributed by atoms with Gasteiger partial charge in [0.05, 0.1) is 12.2 Å². The van der Waals surface area contributed by atoms with Gasteiger partial charge in [0.1, 0.15) is 11.9 Å². The third-order valence-corrected chi connectivity index (χ3v) is 2.07. The number of nitriles is 1. The molecule has 0 aromatic heterocycles. The average Bonchev–Trinajstić information content (AvgIpc) is 2.26. The van der Waals surface area contributed by atoms with Crippen molar-refractivity contribution in [2.24, 2.45) is 0 Å².